The van der Waals surface area contributed by atoms with Gasteiger partial charge < -0.3 is 4.43 Å². The topological polar surface area (TPSA) is 9.23 Å². The normalized spacial score (nSPS) is 13.8. The molecule has 2 heteroatoms. The van der Waals surface area contributed by atoms with E-state index in [1.807, 2.05) is 0 Å². The summed E-state index contributed by atoms with van der Waals surface area (Å²) >= 11 is 0. The first kappa shape index (κ1) is 18.4. The molecule has 1 nitrogen and oxygen atoms in total. The summed E-state index contributed by atoms with van der Waals surface area (Å²) in [5.41, 5.74) is 2.93. The molecule has 0 aliphatic carbocycles. The van der Waals surface area contributed by atoms with Gasteiger partial charge in [0.25, 0.3) is 0 Å². The van der Waals surface area contributed by atoms with Gasteiger partial charge in [0.2, 0.25) is 0 Å². The van der Waals surface area contributed by atoms with Crippen LogP contribution in [0.1, 0.15) is 65.5 Å². The summed E-state index contributed by atoms with van der Waals surface area (Å²) in [4.78, 5) is 0. The van der Waals surface area contributed by atoms with Crippen molar-refractivity contribution in [3.63, 3.8) is 0 Å². The zero-order chi connectivity index (χ0) is 16.5. The summed E-state index contributed by atoms with van der Waals surface area (Å²) in [7, 11) is -1.69. The molecule has 0 saturated heterocycles. The second kappa shape index (κ2) is 6.25. The predicted octanol–water partition coefficient (Wildman–Crippen LogP) is 6.11. The Kier molecular flexibility index (Phi) is 5.49. The van der Waals surface area contributed by atoms with Gasteiger partial charge in [-0.1, -0.05) is 72.7 Å². The van der Waals surface area contributed by atoms with E-state index in [0.29, 0.717) is 5.92 Å². The van der Waals surface area contributed by atoms with Gasteiger partial charge >= 0.3 is 0 Å². The van der Waals surface area contributed by atoms with Crippen LogP contribution in [0.15, 0.2) is 24.3 Å². The van der Waals surface area contributed by atoms with E-state index >= 15 is 0 Å². The van der Waals surface area contributed by atoms with Crippen molar-refractivity contribution in [2.75, 3.05) is 6.61 Å². The minimum absolute atomic E-state index is 0.0520. The van der Waals surface area contributed by atoms with Crippen molar-refractivity contribution in [3.8, 4) is 0 Å². The zero-order valence-electron chi connectivity index (χ0n) is 15.5. The highest BCUT2D eigenvalue weighted by molar-refractivity contribution is 6.74. The Morgan fingerprint density at radius 2 is 1.52 bits per heavy atom. The molecule has 0 saturated carbocycles. The molecule has 0 aromatic heterocycles. The maximum atomic E-state index is 6.49. The number of benzene rings is 1. The monoisotopic (exact) mass is 306 g/mol. The van der Waals surface area contributed by atoms with Gasteiger partial charge in [0.15, 0.2) is 0 Å². The predicted molar refractivity (Wildman–Crippen MR) is 96.7 cm³/mol. The van der Waals surface area contributed by atoms with Crippen LogP contribution in [0.5, 0.6) is 0 Å². The maximum Gasteiger partial charge on any atom is 0.0129 e. The first-order valence-corrected chi connectivity index (χ1v) is 11.0. The molecule has 1 rings (SSSR count). The van der Waals surface area contributed by atoms with Crippen molar-refractivity contribution in [2.24, 2.45) is 0 Å². The number of rotatable bonds is 5. The molecule has 0 aliphatic rings. The quantitative estimate of drug-likeness (QED) is 0.596. The van der Waals surface area contributed by atoms with Gasteiger partial charge in [0.05, 0.1) is 0 Å². The summed E-state index contributed by atoms with van der Waals surface area (Å²) in [6, 6.07) is 8.82. The molecule has 1 aromatic rings. The molecule has 0 radical (unpaired) electrons. The van der Waals surface area contributed by atoms with E-state index in [9.17, 15) is 0 Å². The standard InChI is InChI=1S/C19H34OSi/c1-15(2)16-12-10-11-13-17(16)19(6,7)14-20-21(8,9)18(3,4)5/h10-13,15H,14H2,1-9H3/q-1. The lowest BCUT2D eigenvalue weighted by molar-refractivity contribution is 0.219. The summed E-state index contributed by atoms with van der Waals surface area (Å²) in [6.45, 7) is 21.5. The Balaban J connectivity index is 2.98. The lowest BCUT2D eigenvalue weighted by Gasteiger charge is -2.50. The fourth-order valence-electron chi connectivity index (χ4n) is 2.27. The van der Waals surface area contributed by atoms with E-state index in [-0.39, 0.29) is 10.5 Å². The number of hydrogen-bond acceptors (Lipinski definition) is 1. The molecule has 0 N–H and O–H groups in total. The largest absolute Gasteiger partial charge is 0.564 e. The molecule has 0 spiro atoms. The van der Waals surface area contributed by atoms with Crippen molar-refractivity contribution in [3.05, 3.63) is 35.4 Å². The van der Waals surface area contributed by atoms with E-state index in [1.165, 1.54) is 11.1 Å². The Morgan fingerprint density at radius 1 is 1.00 bits per heavy atom. The van der Waals surface area contributed by atoms with Crippen LogP contribution in [0, 0.1) is 0 Å². The summed E-state index contributed by atoms with van der Waals surface area (Å²) < 4.78 is 6.49. The van der Waals surface area contributed by atoms with Crippen LogP contribution >= 0.6 is 0 Å². The van der Waals surface area contributed by atoms with Crippen LogP contribution in [-0.4, -0.2) is 14.9 Å². The highest BCUT2D eigenvalue weighted by Crippen LogP contribution is 2.39. The van der Waals surface area contributed by atoms with Crippen LogP contribution in [0.3, 0.4) is 0 Å². The smallest absolute Gasteiger partial charge is 0.0129 e. The Morgan fingerprint density at radius 3 is 2.00 bits per heavy atom. The van der Waals surface area contributed by atoms with Crippen LogP contribution in [0.4, 0.5) is 0 Å². The third-order valence-corrected chi connectivity index (χ3v) is 9.39. The Hall–Kier alpha value is -0.603. The highest BCUT2D eigenvalue weighted by Gasteiger charge is 2.29. The SMILES string of the molecule is CC(C)c1ccccc1C(C)(C)CO[Si-](C)(C)C(C)(C)C. The summed E-state index contributed by atoms with van der Waals surface area (Å²) in [5.74, 6) is 0.549. The maximum absolute atomic E-state index is 6.49. The molecule has 1 aromatic carbocycles. The lowest BCUT2D eigenvalue weighted by Crippen LogP contribution is -2.44. The van der Waals surface area contributed by atoms with E-state index in [4.69, 9.17) is 4.43 Å². The third kappa shape index (κ3) is 4.43. The van der Waals surface area contributed by atoms with Crippen molar-refractivity contribution in [2.45, 2.75) is 77.9 Å². The molecule has 121 valence electrons. The second-order valence-electron chi connectivity index (χ2n) is 8.67. The van der Waals surface area contributed by atoms with Gasteiger partial charge in [0, 0.05) is 12.0 Å². The molecule has 0 heterocycles. The van der Waals surface area contributed by atoms with E-state index in [0.717, 1.165) is 6.61 Å². The van der Waals surface area contributed by atoms with Gasteiger partial charge in [0.1, 0.15) is 0 Å². The fourth-order valence-corrected chi connectivity index (χ4v) is 3.43. The highest BCUT2D eigenvalue weighted by atomic mass is 28.4. The molecule has 0 unspecified atom stereocenters. The van der Waals surface area contributed by atoms with Crippen LogP contribution in [0.2, 0.25) is 18.1 Å². The van der Waals surface area contributed by atoms with Gasteiger partial charge in [-0.15, -0.1) is 18.1 Å². The van der Waals surface area contributed by atoms with Gasteiger partial charge in [-0.05, 0) is 25.4 Å². The van der Waals surface area contributed by atoms with Crippen LogP contribution in [-0.2, 0) is 9.84 Å². The van der Waals surface area contributed by atoms with E-state index in [1.54, 1.807) is 0 Å². The summed E-state index contributed by atoms with van der Waals surface area (Å²) in [5, 5.41) is 0.265. The van der Waals surface area contributed by atoms with Crippen molar-refractivity contribution in [1.82, 2.24) is 0 Å². The number of hydrogen-bond donors (Lipinski definition) is 0. The molecule has 0 atom stereocenters. The molecule has 21 heavy (non-hydrogen) atoms. The zero-order valence-corrected chi connectivity index (χ0v) is 16.5. The first-order valence-electron chi connectivity index (χ1n) is 8.12. The summed E-state index contributed by atoms with van der Waals surface area (Å²) in [6.07, 6.45) is 0. The third-order valence-electron chi connectivity index (χ3n) is 4.91. The molecular formula is C19H34OSi-. The van der Waals surface area contributed by atoms with Crippen LogP contribution < -0.4 is 0 Å². The second-order valence-corrected chi connectivity index (χ2v) is 13.5. The molecule has 0 amide bonds. The lowest BCUT2D eigenvalue weighted by atomic mass is 9.80. The minimum atomic E-state index is -1.69. The average molecular weight is 307 g/mol. The van der Waals surface area contributed by atoms with Crippen molar-refractivity contribution < 1.29 is 4.43 Å². The first-order chi connectivity index (χ1) is 9.38. The molecule has 0 fully saturated rings. The molecule has 0 bridgehead atoms. The van der Waals surface area contributed by atoms with Crippen molar-refractivity contribution in [1.29, 1.82) is 0 Å². The van der Waals surface area contributed by atoms with Crippen molar-refractivity contribution >= 4 is 8.32 Å². The average Bonchev–Trinajstić information content (AvgIpc) is 2.35. The van der Waals surface area contributed by atoms with E-state index < -0.39 is 8.32 Å². The van der Waals surface area contributed by atoms with Gasteiger partial charge in [-0.2, -0.15) is 0 Å². The van der Waals surface area contributed by atoms with Crippen LogP contribution in [0.25, 0.3) is 0 Å². The Bertz CT molecular complexity index is 467. The molecule has 0 aliphatic heterocycles. The fraction of sp³-hybridized carbons (Fsp3) is 0.684. The van der Waals surface area contributed by atoms with Gasteiger partial charge in [-0.25, -0.2) is 0 Å². The molecular weight excluding hydrogens is 272 g/mol. The Labute approximate surface area is 133 Å². The minimum Gasteiger partial charge on any atom is -0.564 e. The van der Waals surface area contributed by atoms with E-state index in [2.05, 4.69) is 85.8 Å². The van der Waals surface area contributed by atoms with Gasteiger partial charge in [-0.3, -0.25) is 0 Å².